The molecule has 0 heterocycles. The first-order valence-electron chi connectivity index (χ1n) is 6.00. The van der Waals surface area contributed by atoms with Crippen molar-refractivity contribution in [3.63, 3.8) is 0 Å². The van der Waals surface area contributed by atoms with Gasteiger partial charge in [0.15, 0.2) is 0 Å². The van der Waals surface area contributed by atoms with Crippen LogP contribution >= 0.6 is 11.6 Å². The van der Waals surface area contributed by atoms with Crippen molar-refractivity contribution in [2.75, 3.05) is 14.1 Å². The molecule has 0 saturated carbocycles. The minimum Gasteiger partial charge on any atom is -0.390 e. The van der Waals surface area contributed by atoms with Crippen LogP contribution in [-0.2, 0) is 16.2 Å². The molecule has 0 saturated heterocycles. The van der Waals surface area contributed by atoms with Gasteiger partial charge < -0.3 is 15.1 Å². The van der Waals surface area contributed by atoms with Crippen molar-refractivity contribution in [3.8, 4) is 6.07 Å². The van der Waals surface area contributed by atoms with Gasteiger partial charge in [0, 0.05) is 25.3 Å². The molecule has 0 aliphatic heterocycles. The summed E-state index contributed by atoms with van der Waals surface area (Å²) in [6.07, 6.45) is 2.51. The predicted molar refractivity (Wildman–Crippen MR) is 80.3 cm³/mol. The summed E-state index contributed by atoms with van der Waals surface area (Å²) in [5.41, 5.74) is 0.872. The van der Waals surface area contributed by atoms with Gasteiger partial charge >= 0.3 is 0 Å². The van der Waals surface area contributed by atoms with Crippen molar-refractivity contribution in [1.29, 1.82) is 5.26 Å². The molecule has 0 radical (unpaired) electrons. The molecule has 110 valence electrons. The highest BCUT2D eigenvalue weighted by Crippen LogP contribution is 2.10. The summed E-state index contributed by atoms with van der Waals surface area (Å²) in [6, 6.07) is 8.91. The van der Waals surface area contributed by atoms with Gasteiger partial charge in [-0.05, 0) is 17.7 Å². The third-order valence-corrected chi connectivity index (χ3v) is 2.47. The van der Waals surface area contributed by atoms with Crippen LogP contribution in [0.5, 0.6) is 0 Å². The summed E-state index contributed by atoms with van der Waals surface area (Å²) >= 11 is 5.76. The highest BCUT2D eigenvalue weighted by molar-refractivity contribution is 6.30. The molecular formula is C14H15ClN4O2. The molecule has 0 aliphatic rings. The van der Waals surface area contributed by atoms with Crippen molar-refractivity contribution in [3.05, 3.63) is 46.6 Å². The van der Waals surface area contributed by atoms with Gasteiger partial charge in [0.2, 0.25) is 0 Å². The molecule has 6 nitrogen and oxygen atoms in total. The van der Waals surface area contributed by atoms with E-state index < -0.39 is 5.91 Å². The maximum Gasteiger partial charge on any atom is 0.268 e. The summed E-state index contributed by atoms with van der Waals surface area (Å²) < 4.78 is 0. The number of amides is 1. The number of carbonyl (C=O) groups is 1. The van der Waals surface area contributed by atoms with E-state index in [0.29, 0.717) is 5.02 Å². The molecular weight excluding hydrogens is 292 g/mol. The van der Waals surface area contributed by atoms with E-state index in [-0.39, 0.29) is 12.2 Å². The van der Waals surface area contributed by atoms with Gasteiger partial charge in [0.05, 0.1) is 0 Å². The average Bonchev–Trinajstić information content (AvgIpc) is 2.46. The third-order valence-electron chi connectivity index (χ3n) is 2.22. The van der Waals surface area contributed by atoms with Crippen LogP contribution in [0.15, 0.2) is 41.2 Å². The Bertz CT molecular complexity index is 574. The van der Waals surface area contributed by atoms with Crippen molar-refractivity contribution in [2.24, 2.45) is 5.16 Å². The number of oxime groups is 1. The van der Waals surface area contributed by atoms with Crippen LogP contribution < -0.4 is 5.32 Å². The van der Waals surface area contributed by atoms with Gasteiger partial charge in [0.1, 0.15) is 24.6 Å². The van der Waals surface area contributed by atoms with E-state index in [1.807, 2.05) is 12.1 Å². The second kappa shape index (κ2) is 8.61. The molecule has 1 amide bonds. The van der Waals surface area contributed by atoms with E-state index >= 15 is 0 Å². The first kappa shape index (κ1) is 16.5. The van der Waals surface area contributed by atoms with Gasteiger partial charge in [-0.2, -0.15) is 5.26 Å². The van der Waals surface area contributed by atoms with Crippen LogP contribution in [0.4, 0.5) is 0 Å². The SMILES string of the molecule is CN(C)/C=C(\C#N)C(=O)N/C=N\OCc1ccc(Cl)cc1. The summed E-state index contributed by atoms with van der Waals surface area (Å²) in [4.78, 5) is 18.2. The zero-order valence-corrected chi connectivity index (χ0v) is 12.5. The zero-order valence-electron chi connectivity index (χ0n) is 11.7. The molecule has 1 rings (SSSR count). The lowest BCUT2D eigenvalue weighted by molar-refractivity contribution is -0.115. The summed E-state index contributed by atoms with van der Waals surface area (Å²) in [6.45, 7) is 0.252. The molecule has 21 heavy (non-hydrogen) atoms. The quantitative estimate of drug-likeness (QED) is 0.286. The van der Waals surface area contributed by atoms with Crippen LogP contribution in [0.2, 0.25) is 5.02 Å². The Morgan fingerprint density at radius 3 is 2.71 bits per heavy atom. The second-order valence-corrected chi connectivity index (χ2v) is 4.66. The highest BCUT2D eigenvalue weighted by atomic mass is 35.5. The molecule has 0 unspecified atom stereocenters. The smallest absolute Gasteiger partial charge is 0.268 e. The molecule has 0 fully saturated rings. The van der Waals surface area contributed by atoms with Gasteiger partial charge in [-0.1, -0.05) is 28.9 Å². The Kier molecular flexibility index (Phi) is 6.78. The number of hydrogen-bond donors (Lipinski definition) is 1. The maximum absolute atomic E-state index is 11.6. The average molecular weight is 307 g/mol. The lowest BCUT2D eigenvalue weighted by Gasteiger charge is -2.05. The van der Waals surface area contributed by atoms with E-state index in [1.54, 1.807) is 37.2 Å². The van der Waals surface area contributed by atoms with Crippen LogP contribution in [0.3, 0.4) is 0 Å². The molecule has 1 aromatic carbocycles. The zero-order chi connectivity index (χ0) is 15.7. The fraction of sp³-hybridized carbons (Fsp3) is 0.214. The minimum atomic E-state index is -0.551. The van der Waals surface area contributed by atoms with Crippen LogP contribution in [0, 0.1) is 11.3 Å². The maximum atomic E-state index is 11.6. The minimum absolute atomic E-state index is 0.0239. The van der Waals surface area contributed by atoms with Gasteiger partial charge in [0.25, 0.3) is 5.91 Å². The van der Waals surface area contributed by atoms with Crippen molar-refractivity contribution < 1.29 is 9.63 Å². The second-order valence-electron chi connectivity index (χ2n) is 4.23. The van der Waals surface area contributed by atoms with E-state index in [9.17, 15) is 4.79 Å². The largest absolute Gasteiger partial charge is 0.390 e. The molecule has 1 aromatic rings. The van der Waals surface area contributed by atoms with Gasteiger partial charge in [-0.25, -0.2) is 0 Å². The number of halogens is 1. The topological polar surface area (TPSA) is 77.7 Å². The lowest BCUT2D eigenvalue weighted by atomic mass is 10.2. The number of carbonyl (C=O) groups excluding carboxylic acids is 1. The summed E-state index contributed by atoms with van der Waals surface area (Å²) in [7, 11) is 3.43. The number of nitrogens with one attached hydrogen (secondary N) is 1. The summed E-state index contributed by atoms with van der Waals surface area (Å²) in [5.74, 6) is -0.551. The Labute approximate surface area is 128 Å². The van der Waals surface area contributed by atoms with E-state index in [4.69, 9.17) is 21.7 Å². The predicted octanol–water partition coefficient (Wildman–Crippen LogP) is 1.89. The van der Waals surface area contributed by atoms with Gasteiger partial charge in [-0.3, -0.25) is 4.79 Å². The van der Waals surface area contributed by atoms with Gasteiger partial charge in [-0.15, -0.1) is 0 Å². The number of rotatable bonds is 6. The first-order valence-corrected chi connectivity index (χ1v) is 6.38. The van der Waals surface area contributed by atoms with E-state index in [1.165, 1.54) is 6.20 Å². The highest BCUT2D eigenvalue weighted by Gasteiger charge is 2.07. The number of nitrogens with zero attached hydrogens (tertiary/aromatic N) is 3. The number of hydrogen-bond acceptors (Lipinski definition) is 5. The van der Waals surface area contributed by atoms with Crippen molar-refractivity contribution in [2.45, 2.75) is 6.61 Å². The van der Waals surface area contributed by atoms with Crippen molar-refractivity contribution >= 4 is 23.8 Å². The molecule has 1 N–H and O–H groups in total. The molecule has 0 aliphatic carbocycles. The van der Waals surface area contributed by atoms with Crippen LogP contribution in [0.25, 0.3) is 0 Å². The normalized spacial score (nSPS) is 11.0. The Balaban J connectivity index is 2.39. The first-order chi connectivity index (χ1) is 10.0. The van der Waals surface area contributed by atoms with E-state index in [2.05, 4.69) is 10.5 Å². The van der Waals surface area contributed by atoms with E-state index in [0.717, 1.165) is 11.9 Å². The Hall–Kier alpha value is -2.52. The fourth-order valence-electron chi connectivity index (χ4n) is 1.29. The number of benzene rings is 1. The lowest BCUT2D eigenvalue weighted by Crippen LogP contribution is -2.24. The van der Waals surface area contributed by atoms with Crippen LogP contribution in [-0.4, -0.2) is 31.2 Å². The fourth-order valence-corrected chi connectivity index (χ4v) is 1.41. The molecule has 0 spiro atoms. The standard InChI is InChI=1S/C14H15ClN4O2/c1-19(2)8-12(7-16)14(20)17-10-18-21-9-11-3-5-13(15)6-4-11/h3-6,8,10H,9H2,1-2H3,(H,17,18,20)/b12-8+. The molecule has 0 atom stereocenters. The molecule has 0 bridgehead atoms. The number of nitriles is 1. The Morgan fingerprint density at radius 1 is 1.48 bits per heavy atom. The molecule has 0 aromatic heterocycles. The summed E-state index contributed by atoms with van der Waals surface area (Å²) in [5, 5.41) is 15.4. The molecule has 7 heteroatoms. The third kappa shape index (κ3) is 6.45. The Morgan fingerprint density at radius 2 is 2.14 bits per heavy atom. The van der Waals surface area contributed by atoms with Crippen molar-refractivity contribution in [1.82, 2.24) is 10.2 Å². The van der Waals surface area contributed by atoms with Crippen LogP contribution in [0.1, 0.15) is 5.56 Å². The monoisotopic (exact) mass is 306 g/mol.